The Labute approximate surface area is 148 Å². The Morgan fingerprint density at radius 1 is 1.29 bits per heavy atom. The number of aromatic nitrogens is 3. The van der Waals surface area contributed by atoms with Crippen LogP contribution in [-0.4, -0.2) is 35.3 Å². The molecule has 0 bridgehead atoms. The molecule has 1 heterocycles. The second-order valence-electron chi connectivity index (χ2n) is 4.23. The second-order valence-corrected chi connectivity index (χ2v) is 5.41. The minimum atomic E-state index is -4.73. The topological polar surface area (TPSA) is 64.4 Å². The van der Waals surface area contributed by atoms with Crippen molar-refractivity contribution in [3.8, 4) is 11.5 Å². The van der Waals surface area contributed by atoms with Crippen molar-refractivity contribution in [3.63, 3.8) is 0 Å². The summed E-state index contributed by atoms with van der Waals surface area (Å²) in [5, 5.41) is 9.01. The van der Waals surface area contributed by atoms with Crippen molar-refractivity contribution in [2.75, 3.05) is 14.2 Å². The van der Waals surface area contributed by atoms with Crippen molar-refractivity contribution in [3.05, 3.63) is 32.3 Å². The van der Waals surface area contributed by atoms with Crippen molar-refractivity contribution in [1.82, 2.24) is 14.9 Å². The number of H-pyrrole nitrogens is 1. The minimum absolute atomic E-state index is 0.0563. The monoisotopic (exact) mass is 400 g/mol. The first-order valence-electron chi connectivity index (χ1n) is 6.09. The average Bonchev–Trinajstić information content (AvgIpc) is 2.86. The maximum Gasteiger partial charge on any atom is 0.453 e. The molecule has 1 aromatic heterocycles. The van der Waals surface area contributed by atoms with E-state index in [0.29, 0.717) is 4.68 Å². The number of nitrogens with one attached hydrogen (secondary N) is 1. The van der Waals surface area contributed by atoms with Crippen LogP contribution in [0.5, 0.6) is 11.5 Å². The largest absolute Gasteiger partial charge is 0.494 e. The first-order chi connectivity index (χ1) is 11.2. The molecule has 0 unspecified atom stereocenters. The van der Waals surface area contributed by atoms with Crippen LogP contribution in [0.25, 0.3) is 0 Å². The summed E-state index contributed by atoms with van der Waals surface area (Å²) in [5.74, 6) is -0.998. The zero-order valence-electron chi connectivity index (χ0n) is 12.1. The fraction of sp³-hybridized carbons (Fsp3) is 0.250. The summed E-state index contributed by atoms with van der Waals surface area (Å²) in [5.41, 5.74) is 0.226. The Hall–Kier alpha value is -1.78. The van der Waals surface area contributed by atoms with Crippen LogP contribution < -0.4 is 9.47 Å². The number of hydrogen-bond acceptors (Lipinski definition) is 5. The molecule has 24 heavy (non-hydrogen) atoms. The fourth-order valence-electron chi connectivity index (χ4n) is 1.79. The molecule has 0 fully saturated rings. The predicted molar refractivity (Wildman–Crippen MR) is 85.0 cm³/mol. The van der Waals surface area contributed by atoms with Gasteiger partial charge in [0.2, 0.25) is 4.77 Å². The molecule has 0 saturated heterocycles. The molecule has 0 saturated carbocycles. The van der Waals surface area contributed by atoms with Crippen LogP contribution >= 0.6 is 35.4 Å². The molecule has 6 nitrogen and oxygen atoms in total. The highest BCUT2D eigenvalue weighted by atomic mass is 35.5. The van der Waals surface area contributed by atoms with Gasteiger partial charge in [0.15, 0.2) is 5.75 Å². The van der Waals surface area contributed by atoms with E-state index < -0.39 is 12.0 Å². The maximum atomic E-state index is 12.9. The van der Waals surface area contributed by atoms with Crippen molar-refractivity contribution >= 4 is 41.6 Å². The quantitative estimate of drug-likeness (QED) is 0.617. The molecule has 130 valence electrons. The second kappa shape index (κ2) is 6.99. The molecule has 0 spiro atoms. The lowest BCUT2D eigenvalue weighted by Crippen LogP contribution is -2.13. The normalized spacial score (nSPS) is 12.0. The first kappa shape index (κ1) is 18.6. The van der Waals surface area contributed by atoms with Crippen LogP contribution in [0, 0.1) is 4.77 Å². The van der Waals surface area contributed by atoms with Gasteiger partial charge in [-0.05, 0) is 18.3 Å². The molecule has 2 aromatic rings. The number of hydrogen-bond donors (Lipinski definition) is 1. The summed E-state index contributed by atoms with van der Waals surface area (Å²) in [4.78, 5) is 0. The summed E-state index contributed by atoms with van der Waals surface area (Å²) < 4.78 is 48.8. The molecule has 1 aromatic carbocycles. The molecule has 0 atom stereocenters. The van der Waals surface area contributed by atoms with Gasteiger partial charge in [-0.3, -0.25) is 0 Å². The SMILES string of the molecule is COc1c(Cl)cc(/C=N\n2c(C(F)(F)F)n[nH]c2=S)c(OC)c1Cl. The van der Waals surface area contributed by atoms with Gasteiger partial charge in [0, 0.05) is 5.56 Å². The third kappa shape index (κ3) is 3.50. The number of ether oxygens (including phenoxy) is 2. The van der Waals surface area contributed by atoms with E-state index in [-0.39, 0.29) is 31.9 Å². The zero-order chi connectivity index (χ0) is 18.1. The summed E-state index contributed by atoms with van der Waals surface area (Å²) in [6.07, 6.45) is -3.67. The number of nitrogens with zero attached hydrogens (tertiary/aromatic N) is 3. The Morgan fingerprint density at radius 3 is 2.46 bits per heavy atom. The lowest BCUT2D eigenvalue weighted by molar-refractivity contribution is -0.147. The molecular formula is C12H9Cl2F3N4O2S. The Bertz CT molecular complexity index is 848. The lowest BCUT2D eigenvalue weighted by atomic mass is 10.2. The molecule has 1 N–H and O–H groups in total. The number of alkyl halides is 3. The molecule has 12 heteroatoms. The van der Waals surface area contributed by atoms with E-state index >= 15 is 0 Å². The van der Waals surface area contributed by atoms with Crippen molar-refractivity contribution in [1.29, 1.82) is 0 Å². The Kier molecular flexibility index (Phi) is 5.41. The van der Waals surface area contributed by atoms with Crippen molar-refractivity contribution < 1.29 is 22.6 Å². The molecular weight excluding hydrogens is 392 g/mol. The summed E-state index contributed by atoms with van der Waals surface area (Å²) in [6, 6.07) is 1.38. The first-order valence-corrected chi connectivity index (χ1v) is 7.26. The smallest absolute Gasteiger partial charge is 0.453 e. The van der Waals surface area contributed by atoms with E-state index in [1.165, 1.54) is 20.3 Å². The van der Waals surface area contributed by atoms with E-state index in [1.807, 2.05) is 5.10 Å². The van der Waals surface area contributed by atoms with E-state index in [1.54, 1.807) is 0 Å². The summed E-state index contributed by atoms with van der Waals surface area (Å²) in [6.45, 7) is 0. The van der Waals surface area contributed by atoms with Gasteiger partial charge in [-0.2, -0.15) is 22.9 Å². The maximum absolute atomic E-state index is 12.9. The number of halogens is 5. The van der Waals surface area contributed by atoms with E-state index in [0.717, 1.165) is 6.21 Å². The Balaban J connectivity index is 2.55. The average molecular weight is 401 g/mol. The van der Waals surface area contributed by atoms with Crippen LogP contribution in [0.4, 0.5) is 13.2 Å². The van der Waals surface area contributed by atoms with E-state index in [9.17, 15) is 13.2 Å². The zero-order valence-corrected chi connectivity index (χ0v) is 14.4. The van der Waals surface area contributed by atoms with Crippen LogP contribution in [0.1, 0.15) is 11.4 Å². The van der Waals surface area contributed by atoms with Gasteiger partial charge in [-0.1, -0.05) is 23.2 Å². The number of aromatic amines is 1. The van der Waals surface area contributed by atoms with Gasteiger partial charge in [0.05, 0.1) is 25.5 Å². The highest BCUT2D eigenvalue weighted by molar-refractivity contribution is 7.71. The fourth-order valence-corrected chi connectivity index (χ4v) is 2.68. The van der Waals surface area contributed by atoms with Gasteiger partial charge >= 0.3 is 6.18 Å². The standard InChI is InChI=1S/C12H9Cl2F3N4O2S/c1-22-8-5(3-6(13)9(23-2)7(8)14)4-18-21-10(12(15,16)17)19-20-11(21)24/h3-4H,1-2H3,(H,20,24)/b18-4-. The predicted octanol–water partition coefficient (Wildman–Crippen LogP) is 4.17. The van der Waals surface area contributed by atoms with Crippen LogP contribution in [0.3, 0.4) is 0 Å². The lowest BCUT2D eigenvalue weighted by Gasteiger charge is -2.12. The minimum Gasteiger partial charge on any atom is -0.494 e. The molecule has 0 aliphatic rings. The van der Waals surface area contributed by atoms with Gasteiger partial charge in [0.1, 0.15) is 10.8 Å². The highest BCUT2D eigenvalue weighted by Gasteiger charge is 2.37. The van der Waals surface area contributed by atoms with Crippen molar-refractivity contribution in [2.24, 2.45) is 5.10 Å². The van der Waals surface area contributed by atoms with Gasteiger partial charge in [-0.15, -0.1) is 5.10 Å². The number of benzene rings is 1. The van der Waals surface area contributed by atoms with Gasteiger partial charge < -0.3 is 9.47 Å². The van der Waals surface area contributed by atoms with Crippen LogP contribution in [0.15, 0.2) is 11.2 Å². The number of methoxy groups -OCH3 is 2. The molecule has 0 aliphatic heterocycles. The Morgan fingerprint density at radius 2 is 1.92 bits per heavy atom. The highest BCUT2D eigenvalue weighted by Crippen LogP contribution is 2.41. The summed E-state index contributed by atoms with van der Waals surface area (Å²) in [7, 11) is 2.69. The summed E-state index contributed by atoms with van der Waals surface area (Å²) >= 11 is 16.8. The van der Waals surface area contributed by atoms with E-state index in [4.69, 9.17) is 44.9 Å². The number of rotatable bonds is 4. The van der Waals surface area contributed by atoms with E-state index in [2.05, 4.69) is 10.2 Å². The molecule has 0 aliphatic carbocycles. The van der Waals surface area contributed by atoms with Crippen LogP contribution in [0.2, 0.25) is 10.0 Å². The van der Waals surface area contributed by atoms with Crippen LogP contribution in [-0.2, 0) is 6.18 Å². The third-order valence-electron chi connectivity index (χ3n) is 2.78. The molecule has 0 radical (unpaired) electrons. The van der Waals surface area contributed by atoms with Gasteiger partial charge in [-0.25, -0.2) is 5.10 Å². The molecule has 2 rings (SSSR count). The molecule has 0 amide bonds. The van der Waals surface area contributed by atoms with Gasteiger partial charge in [0.25, 0.3) is 5.82 Å². The third-order valence-corrected chi connectivity index (χ3v) is 3.67. The van der Waals surface area contributed by atoms with Crippen molar-refractivity contribution in [2.45, 2.75) is 6.18 Å².